The summed E-state index contributed by atoms with van der Waals surface area (Å²) < 4.78 is 7.64. The molecule has 0 aromatic carbocycles. The lowest BCUT2D eigenvalue weighted by atomic mass is 9.69. The van der Waals surface area contributed by atoms with E-state index in [4.69, 9.17) is 10.5 Å². The van der Waals surface area contributed by atoms with Crippen LogP contribution in [0, 0.1) is 5.41 Å². The Balaban J connectivity index is 2.29. The molecule has 5 heteroatoms. The molecule has 1 heterocycles. The molecule has 1 saturated carbocycles. The van der Waals surface area contributed by atoms with Gasteiger partial charge in [-0.15, -0.1) is 0 Å². The molecule has 1 aromatic rings. The number of hydrogen-bond donors (Lipinski definition) is 1. The lowest BCUT2D eigenvalue weighted by Gasteiger charge is -2.39. The fraction of sp³-hybridized carbons (Fsp3) is 0.812. The SMILES string of the molecule is COc1cnn(CCN(C)C)c1C1CC(C)(C)CCC1N. The van der Waals surface area contributed by atoms with E-state index in [2.05, 4.69) is 42.6 Å². The van der Waals surface area contributed by atoms with Gasteiger partial charge in [-0.25, -0.2) is 0 Å². The van der Waals surface area contributed by atoms with Crippen molar-refractivity contribution in [3.8, 4) is 5.75 Å². The minimum Gasteiger partial charge on any atom is -0.493 e. The highest BCUT2D eigenvalue weighted by Crippen LogP contribution is 2.45. The van der Waals surface area contributed by atoms with Crippen molar-refractivity contribution in [2.75, 3.05) is 27.7 Å². The van der Waals surface area contributed by atoms with Crippen LogP contribution in [-0.4, -0.2) is 48.5 Å². The fourth-order valence-electron chi connectivity index (χ4n) is 3.29. The maximum absolute atomic E-state index is 6.43. The summed E-state index contributed by atoms with van der Waals surface area (Å²) in [6.07, 6.45) is 5.19. The molecule has 5 nitrogen and oxygen atoms in total. The number of hydrogen-bond acceptors (Lipinski definition) is 4. The van der Waals surface area contributed by atoms with Crippen molar-refractivity contribution >= 4 is 0 Å². The number of methoxy groups -OCH3 is 1. The van der Waals surface area contributed by atoms with Crippen molar-refractivity contribution in [1.29, 1.82) is 0 Å². The number of ether oxygens (including phenoxy) is 1. The molecule has 1 aliphatic rings. The summed E-state index contributed by atoms with van der Waals surface area (Å²) >= 11 is 0. The average molecular weight is 294 g/mol. The molecule has 2 unspecified atom stereocenters. The van der Waals surface area contributed by atoms with Crippen molar-refractivity contribution < 1.29 is 4.74 Å². The van der Waals surface area contributed by atoms with E-state index in [1.54, 1.807) is 7.11 Å². The maximum atomic E-state index is 6.43. The summed E-state index contributed by atoms with van der Waals surface area (Å²) in [4.78, 5) is 2.17. The monoisotopic (exact) mass is 294 g/mol. The Morgan fingerprint density at radius 1 is 1.48 bits per heavy atom. The number of likely N-dealkylation sites (N-methyl/N-ethyl adjacent to an activating group) is 1. The molecule has 120 valence electrons. The number of nitrogens with zero attached hydrogens (tertiary/aromatic N) is 3. The zero-order chi connectivity index (χ0) is 15.6. The van der Waals surface area contributed by atoms with Crippen LogP contribution in [-0.2, 0) is 6.54 Å². The van der Waals surface area contributed by atoms with Gasteiger partial charge in [-0.05, 0) is 38.8 Å². The highest BCUT2D eigenvalue weighted by Gasteiger charge is 2.37. The Bertz CT molecular complexity index is 467. The molecule has 1 fully saturated rings. The van der Waals surface area contributed by atoms with Gasteiger partial charge >= 0.3 is 0 Å². The van der Waals surface area contributed by atoms with Gasteiger partial charge in [0.05, 0.1) is 25.5 Å². The van der Waals surface area contributed by atoms with E-state index in [1.165, 1.54) is 12.1 Å². The molecular weight excluding hydrogens is 264 g/mol. The minimum absolute atomic E-state index is 0.196. The van der Waals surface area contributed by atoms with E-state index >= 15 is 0 Å². The summed E-state index contributed by atoms with van der Waals surface area (Å²) in [6.45, 7) is 6.50. The van der Waals surface area contributed by atoms with Crippen LogP contribution < -0.4 is 10.5 Å². The van der Waals surface area contributed by atoms with Crippen molar-refractivity contribution in [3.63, 3.8) is 0 Å². The van der Waals surface area contributed by atoms with Crippen LogP contribution in [0.4, 0.5) is 0 Å². The Kier molecular flexibility index (Phi) is 4.94. The molecule has 0 radical (unpaired) electrons. The average Bonchev–Trinajstić information content (AvgIpc) is 2.82. The third-order valence-electron chi connectivity index (χ3n) is 4.62. The molecule has 1 aliphatic carbocycles. The standard InChI is InChI=1S/C16H30N4O/c1-16(2)7-6-13(17)12(10-16)15-14(21-5)11-18-20(15)9-8-19(3)4/h11-13H,6-10,17H2,1-5H3. The normalized spacial score (nSPS) is 25.3. The molecule has 2 N–H and O–H groups in total. The van der Waals surface area contributed by atoms with E-state index in [-0.39, 0.29) is 6.04 Å². The summed E-state index contributed by atoms with van der Waals surface area (Å²) in [5.74, 6) is 1.21. The van der Waals surface area contributed by atoms with Crippen molar-refractivity contribution in [2.45, 2.75) is 51.6 Å². The molecule has 0 saturated heterocycles. The quantitative estimate of drug-likeness (QED) is 0.903. The second-order valence-electron chi connectivity index (χ2n) is 7.30. The van der Waals surface area contributed by atoms with Gasteiger partial charge in [-0.3, -0.25) is 4.68 Å². The van der Waals surface area contributed by atoms with Crippen molar-refractivity contribution in [3.05, 3.63) is 11.9 Å². The summed E-state index contributed by atoms with van der Waals surface area (Å²) in [6, 6.07) is 0.196. The highest BCUT2D eigenvalue weighted by molar-refractivity contribution is 5.31. The van der Waals surface area contributed by atoms with Gasteiger partial charge in [0.2, 0.25) is 0 Å². The first-order valence-electron chi connectivity index (χ1n) is 7.84. The van der Waals surface area contributed by atoms with Crippen LogP contribution in [0.2, 0.25) is 0 Å². The van der Waals surface area contributed by atoms with Crippen LogP contribution in [0.1, 0.15) is 44.7 Å². The Morgan fingerprint density at radius 2 is 2.19 bits per heavy atom. The van der Waals surface area contributed by atoms with Crippen molar-refractivity contribution in [2.24, 2.45) is 11.1 Å². The second kappa shape index (κ2) is 6.36. The van der Waals surface area contributed by atoms with Crippen LogP contribution in [0.3, 0.4) is 0 Å². The maximum Gasteiger partial charge on any atom is 0.160 e. The zero-order valence-corrected chi connectivity index (χ0v) is 14.1. The molecule has 0 bridgehead atoms. The molecule has 0 spiro atoms. The summed E-state index contributed by atoms with van der Waals surface area (Å²) in [5.41, 5.74) is 7.95. The van der Waals surface area contributed by atoms with E-state index in [1.807, 2.05) is 6.20 Å². The predicted molar refractivity (Wildman–Crippen MR) is 85.7 cm³/mol. The molecule has 1 aromatic heterocycles. The van der Waals surface area contributed by atoms with Crippen LogP contribution >= 0.6 is 0 Å². The van der Waals surface area contributed by atoms with Gasteiger partial charge in [-0.2, -0.15) is 5.10 Å². The van der Waals surface area contributed by atoms with Gasteiger partial charge in [0, 0.05) is 18.5 Å². The summed E-state index contributed by atoms with van der Waals surface area (Å²) in [7, 11) is 5.88. The van der Waals surface area contributed by atoms with Gasteiger partial charge < -0.3 is 15.4 Å². The Labute approximate surface area is 128 Å². The number of nitrogens with two attached hydrogens (primary N) is 1. The topological polar surface area (TPSA) is 56.3 Å². The smallest absolute Gasteiger partial charge is 0.160 e. The number of rotatable bonds is 5. The third-order valence-corrected chi connectivity index (χ3v) is 4.62. The van der Waals surface area contributed by atoms with E-state index in [0.29, 0.717) is 11.3 Å². The molecule has 0 aliphatic heterocycles. The first kappa shape index (κ1) is 16.3. The molecule has 2 rings (SSSR count). The van der Waals surface area contributed by atoms with Crippen LogP contribution in [0.25, 0.3) is 0 Å². The zero-order valence-electron chi connectivity index (χ0n) is 14.1. The highest BCUT2D eigenvalue weighted by atomic mass is 16.5. The van der Waals surface area contributed by atoms with Crippen LogP contribution in [0.15, 0.2) is 6.20 Å². The molecule has 21 heavy (non-hydrogen) atoms. The fourth-order valence-corrected chi connectivity index (χ4v) is 3.29. The van der Waals surface area contributed by atoms with Gasteiger partial charge in [0.15, 0.2) is 5.75 Å². The lowest BCUT2D eigenvalue weighted by molar-refractivity contribution is 0.190. The third kappa shape index (κ3) is 3.77. The largest absolute Gasteiger partial charge is 0.493 e. The molecular formula is C16H30N4O. The second-order valence-corrected chi connectivity index (χ2v) is 7.30. The van der Waals surface area contributed by atoms with Gasteiger partial charge in [0.25, 0.3) is 0 Å². The minimum atomic E-state index is 0.196. The van der Waals surface area contributed by atoms with Crippen molar-refractivity contribution in [1.82, 2.24) is 14.7 Å². The van der Waals surface area contributed by atoms with E-state index in [0.717, 1.165) is 31.7 Å². The van der Waals surface area contributed by atoms with Crippen LogP contribution in [0.5, 0.6) is 5.75 Å². The van der Waals surface area contributed by atoms with Gasteiger partial charge in [0.1, 0.15) is 0 Å². The first-order valence-corrected chi connectivity index (χ1v) is 7.84. The first-order chi connectivity index (χ1) is 9.84. The van der Waals surface area contributed by atoms with Gasteiger partial charge in [-0.1, -0.05) is 13.8 Å². The molecule has 0 amide bonds. The Morgan fingerprint density at radius 3 is 2.81 bits per heavy atom. The predicted octanol–water partition coefficient (Wildman–Crippen LogP) is 2.07. The molecule has 2 atom stereocenters. The van der Waals surface area contributed by atoms with E-state index < -0.39 is 0 Å². The summed E-state index contributed by atoms with van der Waals surface area (Å²) in [5, 5.41) is 4.53. The Hall–Kier alpha value is -1.07. The van der Waals surface area contributed by atoms with E-state index in [9.17, 15) is 0 Å². The number of aromatic nitrogens is 2. The lowest BCUT2D eigenvalue weighted by Crippen LogP contribution is -2.39.